The number of carbonyl (C=O) groups excluding carboxylic acids is 4. The van der Waals surface area contributed by atoms with E-state index >= 15 is 0 Å². The summed E-state index contributed by atoms with van der Waals surface area (Å²) in [5.41, 5.74) is 0. The molecule has 11 heteroatoms. The third-order valence-corrected chi connectivity index (χ3v) is 0.333. The molecule has 0 saturated heterocycles. The minimum absolute atomic E-state index is 0. The average Bonchev–Trinajstić information content (AvgIpc) is 1.88. The van der Waals surface area contributed by atoms with Crippen molar-refractivity contribution in [1.82, 2.24) is 12.3 Å². The Morgan fingerprint density at radius 3 is 0.600 bits per heavy atom. The molecule has 8 N–H and O–H groups in total. The molecular formula is C4H8N2NiO8. The van der Waals surface area contributed by atoms with Gasteiger partial charge in [-0.05, 0) is 0 Å². The summed E-state index contributed by atoms with van der Waals surface area (Å²) in [6, 6.07) is 0. The van der Waals surface area contributed by atoms with Crippen LogP contribution in [-0.4, -0.2) is 23.9 Å². The Kier molecular flexibility index (Phi) is 28.8. The first-order valence-electron chi connectivity index (χ1n) is 2.13. The van der Waals surface area contributed by atoms with Gasteiger partial charge in [0, 0.05) is 0 Å². The van der Waals surface area contributed by atoms with Gasteiger partial charge >= 0.3 is 16.5 Å². The van der Waals surface area contributed by atoms with Crippen molar-refractivity contribution in [2.75, 3.05) is 0 Å². The fourth-order valence-corrected chi connectivity index (χ4v) is 0. The molecule has 0 aromatic heterocycles. The van der Waals surface area contributed by atoms with Crippen molar-refractivity contribution in [2.45, 2.75) is 0 Å². The van der Waals surface area contributed by atoms with Gasteiger partial charge in [-0.2, -0.15) is 0 Å². The largest absolute Gasteiger partial charge is 2.00 e. The molecule has 0 aromatic rings. The van der Waals surface area contributed by atoms with Gasteiger partial charge in [0.1, 0.15) is 0 Å². The van der Waals surface area contributed by atoms with E-state index in [1.54, 1.807) is 0 Å². The van der Waals surface area contributed by atoms with Crippen LogP contribution in [0.5, 0.6) is 0 Å². The second kappa shape index (κ2) is 14.8. The van der Waals surface area contributed by atoms with Crippen LogP contribution in [0.15, 0.2) is 0 Å². The van der Waals surface area contributed by atoms with Crippen LogP contribution in [-0.2, 0) is 35.7 Å². The van der Waals surface area contributed by atoms with Crippen molar-refractivity contribution in [1.29, 1.82) is 0 Å². The summed E-state index contributed by atoms with van der Waals surface area (Å²) in [5.74, 6) is -8.74. The van der Waals surface area contributed by atoms with E-state index in [1.807, 2.05) is 0 Å². The van der Waals surface area contributed by atoms with Gasteiger partial charge < -0.3 is 51.9 Å². The molecular weight excluding hydrogens is 263 g/mol. The van der Waals surface area contributed by atoms with Gasteiger partial charge in [-0.3, -0.25) is 0 Å². The number of aliphatic carboxylic acids is 4. The Morgan fingerprint density at radius 1 is 0.533 bits per heavy atom. The summed E-state index contributed by atoms with van der Waals surface area (Å²) >= 11 is 0. The Labute approximate surface area is 93.0 Å². The predicted octanol–water partition coefficient (Wildman–Crippen LogP) is -6.28. The monoisotopic (exact) mass is 270 g/mol. The SMILES string of the molecule is O=C([O-])C(=O)[O-].O=C([O-])C(=O)[O-].[NH4+].[NH4+].[Ni+2]. The molecule has 0 amide bonds. The minimum atomic E-state index is -2.19. The number of hydrogen-bond donors (Lipinski definition) is 2. The minimum Gasteiger partial charge on any atom is -0.543 e. The van der Waals surface area contributed by atoms with Gasteiger partial charge in [-0.25, -0.2) is 0 Å². The number of quaternary nitrogens is 2. The maximum absolute atomic E-state index is 8.93. The van der Waals surface area contributed by atoms with E-state index < -0.39 is 23.9 Å². The van der Waals surface area contributed by atoms with Crippen LogP contribution in [0.3, 0.4) is 0 Å². The van der Waals surface area contributed by atoms with Gasteiger partial charge in [-0.15, -0.1) is 0 Å². The second-order valence-corrected chi connectivity index (χ2v) is 1.15. The van der Waals surface area contributed by atoms with E-state index in [4.69, 9.17) is 39.6 Å². The normalized spacial score (nSPS) is 5.87. The first kappa shape index (κ1) is 29.2. The third-order valence-electron chi connectivity index (χ3n) is 0.333. The van der Waals surface area contributed by atoms with E-state index in [0.29, 0.717) is 0 Å². The maximum atomic E-state index is 8.93. The van der Waals surface area contributed by atoms with Crippen LogP contribution in [0.4, 0.5) is 0 Å². The van der Waals surface area contributed by atoms with E-state index in [2.05, 4.69) is 0 Å². The van der Waals surface area contributed by atoms with Crippen LogP contribution in [0.2, 0.25) is 0 Å². The number of carbonyl (C=O) groups is 4. The van der Waals surface area contributed by atoms with Crippen LogP contribution >= 0.6 is 0 Å². The first-order chi connectivity index (χ1) is 5.29. The molecule has 0 aliphatic carbocycles. The summed E-state index contributed by atoms with van der Waals surface area (Å²) in [7, 11) is 0. The zero-order valence-electron chi connectivity index (χ0n) is 7.58. The molecule has 0 aromatic carbocycles. The average molecular weight is 271 g/mol. The molecule has 0 fully saturated rings. The Hall–Kier alpha value is -1.71. The topological polar surface area (TPSA) is 234 Å². The van der Waals surface area contributed by atoms with Gasteiger partial charge in [-0.1, -0.05) is 0 Å². The Balaban J connectivity index is -0.0000000370. The maximum Gasteiger partial charge on any atom is 2.00 e. The zero-order valence-corrected chi connectivity index (χ0v) is 8.57. The van der Waals surface area contributed by atoms with E-state index in [0.717, 1.165) is 0 Å². The van der Waals surface area contributed by atoms with Crippen molar-refractivity contribution >= 4 is 23.9 Å². The number of hydrogen-bond acceptors (Lipinski definition) is 8. The molecule has 0 spiro atoms. The van der Waals surface area contributed by atoms with Gasteiger partial charge in [0.2, 0.25) is 0 Å². The molecule has 0 bridgehead atoms. The summed E-state index contributed by atoms with van der Waals surface area (Å²) in [6.45, 7) is 0. The van der Waals surface area contributed by atoms with E-state index in [-0.39, 0.29) is 28.8 Å². The van der Waals surface area contributed by atoms with Crippen molar-refractivity contribution < 1.29 is 56.1 Å². The number of rotatable bonds is 0. The molecule has 92 valence electrons. The molecule has 10 nitrogen and oxygen atoms in total. The van der Waals surface area contributed by atoms with Crippen molar-refractivity contribution in [3.8, 4) is 0 Å². The number of carboxylic acid groups (broad SMARTS) is 4. The van der Waals surface area contributed by atoms with Crippen molar-refractivity contribution in [3.05, 3.63) is 0 Å². The quantitative estimate of drug-likeness (QED) is 0.316. The molecule has 0 rings (SSSR count). The Bertz CT molecular complexity index is 181. The smallest absolute Gasteiger partial charge is 0.543 e. The van der Waals surface area contributed by atoms with Gasteiger partial charge in [0.05, 0.1) is 23.9 Å². The molecule has 0 unspecified atom stereocenters. The van der Waals surface area contributed by atoms with Crippen molar-refractivity contribution in [3.63, 3.8) is 0 Å². The van der Waals surface area contributed by atoms with Crippen molar-refractivity contribution in [2.24, 2.45) is 0 Å². The second-order valence-electron chi connectivity index (χ2n) is 1.15. The molecule has 0 atom stereocenters. The molecule has 0 aliphatic heterocycles. The van der Waals surface area contributed by atoms with Crippen LogP contribution in [0, 0.1) is 0 Å². The molecule has 0 radical (unpaired) electrons. The summed E-state index contributed by atoms with van der Waals surface area (Å²) < 4.78 is 0. The number of carboxylic acids is 4. The van der Waals surface area contributed by atoms with Crippen LogP contribution in [0.1, 0.15) is 0 Å². The molecule has 0 saturated carbocycles. The summed E-state index contributed by atoms with van der Waals surface area (Å²) in [5, 5.41) is 35.7. The fraction of sp³-hybridized carbons (Fsp3) is 0. The van der Waals surface area contributed by atoms with E-state index in [1.165, 1.54) is 0 Å². The molecule has 15 heavy (non-hydrogen) atoms. The fourth-order valence-electron chi connectivity index (χ4n) is 0. The van der Waals surface area contributed by atoms with Gasteiger partial charge in [0.25, 0.3) is 0 Å². The van der Waals surface area contributed by atoms with Gasteiger partial charge in [0.15, 0.2) is 0 Å². The molecule has 0 aliphatic rings. The first-order valence-corrected chi connectivity index (χ1v) is 2.13. The summed E-state index contributed by atoms with van der Waals surface area (Å²) in [4.78, 5) is 35.7. The van der Waals surface area contributed by atoms with Crippen LogP contribution in [0.25, 0.3) is 0 Å². The van der Waals surface area contributed by atoms with Crippen LogP contribution < -0.4 is 32.7 Å². The molecule has 0 heterocycles. The van der Waals surface area contributed by atoms with E-state index in [9.17, 15) is 0 Å². The zero-order chi connectivity index (χ0) is 10.3. The standard InChI is InChI=1S/2C2H2O4.2H3N.Ni/c2*3-1(4)2(5)6;;;/h2*(H,3,4)(H,5,6);2*1H3;/q;;;;+2/p-2. The Morgan fingerprint density at radius 2 is 0.600 bits per heavy atom. The predicted molar refractivity (Wildman–Crippen MR) is 32.0 cm³/mol. The summed E-state index contributed by atoms with van der Waals surface area (Å²) in [6.07, 6.45) is 0. The third kappa shape index (κ3) is 32.9.